The molecule has 0 aliphatic carbocycles. The van der Waals surface area contributed by atoms with Gasteiger partial charge in [-0.3, -0.25) is 4.79 Å². The lowest BCUT2D eigenvalue weighted by atomic mass is 10.2. The lowest BCUT2D eigenvalue weighted by Crippen LogP contribution is -2.26. The number of amides is 1. The molecule has 156 valence electrons. The van der Waals surface area contributed by atoms with Crippen molar-refractivity contribution in [1.82, 2.24) is 5.32 Å². The maximum Gasteiger partial charge on any atom is 0.220 e. The second kappa shape index (κ2) is 22.9. The minimum Gasteiger partial charge on any atom is -0.383 e. The summed E-state index contributed by atoms with van der Waals surface area (Å²) in [7, 11) is 1.63. The second-order valence-electron chi connectivity index (χ2n) is 6.30. The maximum atomic E-state index is 11.5. The molecule has 1 amide bonds. The fraction of sp³-hybridized carbons (Fsp3) is 0.480. The standard InChI is InChI=1S/C25H39NO2/c1-3-4-5-6-7-8-9-10-11-12-13-14-15-16-17-18-19-20-21-22-25(27)26-23-24-28-2/h4-5,7-8,10-11,13-14,16-17,19-20H,3,6,9,12,15,18,21-24H2,1-2H3,(H,26,27). The molecule has 3 nitrogen and oxygen atoms in total. The molecule has 0 atom stereocenters. The largest absolute Gasteiger partial charge is 0.383 e. The highest BCUT2D eigenvalue weighted by Gasteiger charge is 1.97. The van der Waals surface area contributed by atoms with Gasteiger partial charge in [0, 0.05) is 20.1 Å². The second-order valence-corrected chi connectivity index (χ2v) is 6.30. The van der Waals surface area contributed by atoms with Crippen LogP contribution in [0.4, 0.5) is 0 Å². The number of ether oxygens (including phenoxy) is 1. The molecule has 3 heteroatoms. The van der Waals surface area contributed by atoms with Gasteiger partial charge in [-0.2, -0.15) is 0 Å². The van der Waals surface area contributed by atoms with Crippen molar-refractivity contribution in [1.29, 1.82) is 0 Å². The lowest BCUT2D eigenvalue weighted by Gasteiger charge is -2.02. The number of hydrogen-bond donors (Lipinski definition) is 1. The minimum absolute atomic E-state index is 0.0802. The van der Waals surface area contributed by atoms with Crippen LogP contribution in [0, 0.1) is 0 Å². The summed E-state index contributed by atoms with van der Waals surface area (Å²) in [5, 5.41) is 2.81. The van der Waals surface area contributed by atoms with Crippen molar-refractivity contribution in [2.24, 2.45) is 0 Å². The monoisotopic (exact) mass is 385 g/mol. The number of nitrogens with one attached hydrogen (secondary N) is 1. The summed E-state index contributed by atoms with van der Waals surface area (Å²) in [5.74, 6) is 0.0802. The summed E-state index contributed by atoms with van der Waals surface area (Å²) < 4.78 is 4.89. The van der Waals surface area contributed by atoms with Gasteiger partial charge in [0.1, 0.15) is 0 Å². The maximum absolute atomic E-state index is 11.5. The van der Waals surface area contributed by atoms with Crippen LogP contribution >= 0.6 is 0 Å². The summed E-state index contributed by atoms with van der Waals surface area (Å²) in [4.78, 5) is 11.5. The average Bonchev–Trinajstić information content (AvgIpc) is 2.70. The van der Waals surface area contributed by atoms with E-state index in [4.69, 9.17) is 4.74 Å². The Kier molecular flexibility index (Phi) is 21.2. The predicted molar refractivity (Wildman–Crippen MR) is 122 cm³/mol. The van der Waals surface area contributed by atoms with E-state index in [1.165, 1.54) is 0 Å². The highest BCUT2D eigenvalue weighted by Crippen LogP contribution is 1.97. The van der Waals surface area contributed by atoms with Gasteiger partial charge >= 0.3 is 0 Å². The Balaban J connectivity index is 3.54. The molecule has 0 saturated carbocycles. The molecule has 0 fully saturated rings. The Labute approximate surface area is 172 Å². The zero-order valence-electron chi connectivity index (χ0n) is 17.8. The molecule has 0 spiro atoms. The molecule has 0 bridgehead atoms. The molecule has 1 N–H and O–H groups in total. The van der Waals surface area contributed by atoms with Crippen LogP contribution in [0.5, 0.6) is 0 Å². The zero-order chi connectivity index (χ0) is 20.5. The van der Waals surface area contributed by atoms with Gasteiger partial charge < -0.3 is 10.1 Å². The minimum atomic E-state index is 0.0802. The van der Waals surface area contributed by atoms with Crippen LogP contribution in [0.1, 0.15) is 58.3 Å². The van der Waals surface area contributed by atoms with Gasteiger partial charge in [0.05, 0.1) is 6.61 Å². The number of rotatable bonds is 17. The SMILES string of the molecule is CCC=CCC=CCC=CCC=CCC=CCC=CCCC(=O)NCCOC. The summed E-state index contributed by atoms with van der Waals surface area (Å²) in [5.41, 5.74) is 0. The first-order valence-electron chi connectivity index (χ1n) is 10.5. The van der Waals surface area contributed by atoms with Crippen LogP contribution in [0.3, 0.4) is 0 Å². The molecule has 0 aromatic rings. The molecule has 0 aliphatic rings. The zero-order valence-corrected chi connectivity index (χ0v) is 17.8. The van der Waals surface area contributed by atoms with Gasteiger partial charge in [-0.05, 0) is 44.9 Å². The quantitative estimate of drug-likeness (QED) is 0.238. The lowest BCUT2D eigenvalue weighted by molar-refractivity contribution is -0.121. The van der Waals surface area contributed by atoms with Crippen LogP contribution in [0.15, 0.2) is 72.9 Å². The fourth-order valence-electron chi connectivity index (χ4n) is 2.23. The van der Waals surface area contributed by atoms with Crippen molar-refractivity contribution in [2.45, 2.75) is 58.3 Å². The van der Waals surface area contributed by atoms with E-state index in [1.807, 2.05) is 0 Å². The Morgan fingerprint density at radius 3 is 1.57 bits per heavy atom. The van der Waals surface area contributed by atoms with Crippen LogP contribution in [0.2, 0.25) is 0 Å². The molecule has 0 saturated heterocycles. The Morgan fingerprint density at radius 2 is 1.14 bits per heavy atom. The number of carbonyl (C=O) groups excluding carboxylic acids is 1. The van der Waals surface area contributed by atoms with Crippen molar-refractivity contribution < 1.29 is 9.53 Å². The van der Waals surface area contributed by atoms with Crippen LogP contribution in [-0.4, -0.2) is 26.2 Å². The summed E-state index contributed by atoms with van der Waals surface area (Å²) in [6.45, 7) is 3.30. The molecular formula is C25H39NO2. The van der Waals surface area contributed by atoms with E-state index < -0.39 is 0 Å². The predicted octanol–water partition coefficient (Wildman–Crippen LogP) is 6.23. The normalized spacial score (nSPS) is 12.8. The molecular weight excluding hydrogens is 346 g/mol. The number of allylic oxidation sites excluding steroid dienone is 12. The smallest absolute Gasteiger partial charge is 0.220 e. The van der Waals surface area contributed by atoms with Gasteiger partial charge in [-0.15, -0.1) is 0 Å². The number of carbonyl (C=O) groups is 1. The topological polar surface area (TPSA) is 38.3 Å². The van der Waals surface area contributed by atoms with Crippen molar-refractivity contribution in [3.8, 4) is 0 Å². The molecule has 0 aliphatic heterocycles. The van der Waals surface area contributed by atoms with E-state index in [0.717, 1.165) is 44.9 Å². The van der Waals surface area contributed by atoms with Gasteiger partial charge in [0.15, 0.2) is 0 Å². The first kappa shape index (κ1) is 25.9. The third-order valence-electron chi connectivity index (χ3n) is 3.76. The molecule has 0 rings (SSSR count). The van der Waals surface area contributed by atoms with E-state index in [9.17, 15) is 4.79 Å². The molecule has 28 heavy (non-hydrogen) atoms. The Morgan fingerprint density at radius 1 is 0.714 bits per heavy atom. The van der Waals surface area contributed by atoms with Crippen molar-refractivity contribution in [3.63, 3.8) is 0 Å². The van der Waals surface area contributed by atoms with Gasteiger partial charge in [0.25, 0.3) is 0 Å². The third kappa shape index (κ3) is 21.9. The van der Waals surface area contributed by atoms with Crippen molar-refractivity contribution in [2.75, 3.05) is 20.3 Å². The van der Waals surface area contributed by atoms with Crippen molar-refractivity contribution >= 4 is 5.91 Å². The summed E-state index contributed by atoms with van der Waals surface area (Å²) in [6.07, 6.45) is 33.5. The molecule has 0 unspecified atom stereocenters. The van der Waals surface area contributed by atoms with Crippen LogP contribution in [-0.2, 0) is 9.53 Å². The average molecular weight is 386 g/mol. The van der Waals surface area contributed by atoms with Crippen molar-refractivity contribution in [3.05, 3.63) is 72.9 Å². The van der Waals surface area contributed by atoms with Crippen LogP contribution < -0.4 is 5.32 Å². The van der Waals surface area contributed by atoms with E-state index in [0.29, 0.717) is 19.6 Å². The van der Waals surface area contributed by atoms with E-state index in [1.54, 1.807) is 7.11 Å². The van der Waals surface area contributed by atoms with E-state index in [-0.39, 0.29) is 5.91 Å². The molecule has 0 aromatic carbocycles. The molecule has 0 radical (unpaired) electrons. The summed E-state index contributed by atoms with van der Waals surface area (Å²) >= 11 is 0. The van der Waals surface area contributed by atoms with E-state index in [2.05, 4.69) is 85.2 Å². The number of methoxy groups -OCH3 is 1. The van der Waals surface area contributed by atoms with Gasteiger partial charge in [0.2, 0.25) is 5.91 Å². The molecule has 0 aromatic heterocycles. The highest BCUT2D eigenvalue weighted by atomic mass is 16.5. The van der Waals surface area contributed by atoms with Crippen LogP contribution in [0.25, 0.3) is 0 Å². The number of hydrogen-bond acceptors (Lipinski definition) is 2. The van der Waals surface area contributed by atoms with Gasteiger partial charge in [-0.1, -0.05) is 79.8 Å². The Bertz CT molecular complexity index is 525. The first-order valence-corrected chi connectivity index (χ1v) is 10.5. The summed E-state index contributed by atoms with van der Waals surface area (Å²) in [6, 6.07) is 0. The first-order chi connectivity index (χ1) is 13.8. The van der Waals surface area contributed by atoms with Gasteiger partial charge in [-0.25, -0.2) is 0 Å². The Hall–Kier alpha value is -2.13. The third-order valence-corrected chi connectivity index (χ3v) is 3.76. The fourth-order valence-corrected chi connectivity index (χ4v) is 2.23. The molecule has 0 heterocycles. The highest BCUT2D eigenvalue weighted by molar-refractivity contribution is 5.75. The van der Waals surface area contributed by atoms with E-state index >= 15 is 0 Å².